The van der Waals surface area contributed by atoms with Crippen LogP contribution in [0.15, 0.2) is 24.3 Å². The van der Waals surface area contributed by atoms with Gasteiger partial charge in [0, 0.05) is 13.1 Å². The Morgan fingerprint density at radius 1 is 1.24 bits per heavy atom. The van der Waals surface area contributed by atoms with Crippen molar-refractivity contribution in [2.75, 3.05) is 13.7 Å². The largest absolute Gasteiger partial charge is 0.465 e. The third-order valence-corrected chi connectivity index (χ3v) is 4.26. The highest BCUT2D eigenvalue weighted by atomic mass is 16.5. The van der Waals surface area contributed by atoms with Gasteiger partial charge in [0.25, 0.3) is 0 Å². The molecule has 2 rings (SSSR count). The molecular weight excluding hydrogens is 268 g/mol. The molecule has 1 aliphatic carbocycles. The molecular formula is C16H22N2O3. The normalized spacial score (nSPS) is 16.5. The summed E-state index contributed by atoms with van der Waals surface area (Å²) in [4.78, 5) is 23.7. The summed E-state index contributed by atoms with van der Waals surface area (Å²) in [6.07, 6.45) is 3.88. The molecule has 1 fully saturated rings. The number of carbonyl (C=O) groups excluding carboxylic acids is 2. The Bertz CT molecular complexity index is 505. The molecule has 0 aliphatic heterocycles. The third kappa shape index (κ3) is 3.42. The van der Waals surface area contributed by atoms with E-state index >= 15 is 0 Å². The van der Waals surface area contributed by atoms with Gasteiger partial charge in [-0.1, -0.05) is 25.0 Å². The van der Waals surface area contributed by atoms with Crippen LogP contribution in [0.5, 0.6) is 0 Å². The van der Waals surface area contributed by atoms with Crippen LogP contribution < -0.4 is 11.1 Å². The molecule has 0 saturated heterocycles. The molecule has 0 aromatic heterocycles. The molecule has 0 unspecified atom stereocenters. The van der Waals surface area contributed by atoms with Crippen molar-refractivity contribution >= 4 is 11.9 Å². The Morgan fingerprint density at radius 2 is 1.86 bits per heavy atom. The van der Waals surface area contributed by atoms with Crippen molar-refractivity contribution in [2.24, 2.45) is 11.1 Å². The highest BCUT2D eigenvalue weighted by molar-refractivity contribution is 5.89. The molecule has 1 aromatic carbocycles. The molecule has 0 radical (unpaired) electrons. The van der Waals surface area contributed by atoms with E-state index < -0.39 is 0 Å². The Kier molecular flexibility index (Phi) is 4.96. The Labute approximate surface area is 124 Å². The SMILES string of the molecule is COC(=O)c1ccc(CNC(=O)C2(CN)CCCC2)cc1. The number of methoxy groups -OCH3 is 1. The van der Waals surface area contributed by atoms with Gasteiger partial charge in [-0.25, -0.2) is 4.79 Å². The van der Waals surface area contributed by atoms with E-state index in [9.17, 15) is 9.59 Å². The quantitative estimate of drug-likeness (QED) is 0.807. The number of nitrogens with two attached hydrogens (primary N) is 1. The smallest absolute Gasteiger partial charge is 0.337 e. The van der Waals surface area contributed by atoms with Crippen molar-refractivity contribution in [3.05, 3.63) is 35.4 Å². The van der Waals surface area contributed by atoms with Crippen molar-refractivity contribution in [2.45, 2.75) is 32.2 Å². The number of rotatable bonds is 5. The lowest BCUT2D eigenvalue weighted by molar-refractivity contribution is -0.130. The average molecular weight is 290 g/mol. The lowest BCUT2D eigenvalue weighted by Gasteiger charge is -2.25. The molecule has 5 nitrogen and oxygen atoms in total. The third-order valence-electron chi connectivity index (χ3n) is 4.26. The van der Waals surface area contributed by atoms with E-state index in [2.05, 4.69) is 10.1 Å². The van der Waals surface area contributed by atoms with Crippen LogP contribution in [0.3, 0.4) is 0 Å². The lowest BCUT2D eigenvalue weighted by Crippen LogP contribution is -2.43. The van der Waals surface area contributed by atoms with Crippen molar-refractivity contribution in [3.8, 4) is 0 Å². The molecule has 114 valence electrons. The summed E-state index contributed by atoms with van der Waals surface area (Å²) < 4.78 is 4.65. The number of amides is 1. The van der Waals surface area contributed by atoms with E-state index in [0.717, 1.165) is 31.2 Å². The van der Waals surface area contributed by atoms with E-state index in [0.29, 0.717) is 18.7 Å². The molecule has 1 aliphatic rings. The average Bonchev–Trinajstić information content (AvgIpc) is 3.02. The fourth-order valence-electron chi connectivity index (χ4n) is 2.82. The zero-order valence-electron chi connectivity index (χ0n) is 12.4. The molecule has 21 heavy (non-hydrogen) atoms. The number of hydrogen-bond acceptors (Lipinski definition) is 4. The number of nitrogens with one attached hydrogen (secondary N) is 1. The van der Waals surface area contributed by atoms with Gasteiger partial charge < -0.3 is 15.8 Å². The first kappa shape index (κ1) is 15.5. The number of carbonyl (C=O) groups is 2. The summed E-state index contributed by atoms with van der Waals surface area (Å²) in [7, 11) is 1.35. The summed E-state index contributed by atoms with van der Waals surface area (Å²) in [5, 5.41) is 2.96. The predicted molar refractivity (Wildman–Crippen MR) is 79.6 cm³/mol. The highest BCUT2D eigenvalue weighted by Gasteiger charge is 2.39. The van der Waals surface area contributed by atoms with Gasteiger partial charge in [-0.3, -0.25) is 4.79 Å². The lowest BCUT2D eigenvalue weighted by atomic mass is 9.85. The highest BCUT2D eigenvalue weighted by Crippen LogP contribution is 2.37. The minimum Gasteiger partial charge on any atom is -0.465 e. The first-order chi connectivity index (χ1) is 10.1. The number of esters is 1. The van der Waals surface area contributed by atoms with Gasteiger partial charge in [0.15, 0.2) is 0 Å². The molecule has 0 spiro atoms. The fourth-order valence-corrected chi connectivity index (χ4v) is 2.82. The maximum absolute atomic E-state index is 12.3. The van der Waals surface area contributed by atoms with Crippen LogP contribution in [-0.2, 0) is 16.1 Å². The maximum atomic E-state index is 12.3. The summed E-state index contributed by atoms with van der Waals surface area (Å²) in [5.74, 6) is -0.321. The standard InChI is InChI=1S/C16H22N2O3/c1-21-14(19)13-6-4-12(5-7-13)10-18-15(20)16(11-17)8-2-3-9-16/h4-7H,2-3,8-11,17H2,1H3,(H,18,20). The second kappa shape index (κ2) is 6.72. The minimum atomic E-state index is -0.383. The first-order valence-corrected chi connectivity index (χ1v) is 7.27. The van der Waals surface area contributed by atoms with Gasteiger partial charge in [-0.15, -0.1) is 0 Å². The van der Waals surface area contributed by atoms with Crippen LogP contribution in [0.1, 0.15) is 41.6 Å². The summed E-state index contributed by atoms with van der Waals surface area (Å²) >= 11 is 0. The zero-order valence-corrected chi connectivity index (χ0v) is 12.4. The van der Waals surface area contributed by atoms with E-state index in [4.69, 9.17) is 5.73 Å². The maximum Gasteiger partial charge on any atom is 0.337 e. The monoisotopic (exact) mass is 290 g/mol. The molecule has 0 heterocycles. The van der Waals surface area contributed by atoms with Crippen LogP contribution in [0.4, 0.5) is 0 Å². The van der Waals surface area contributed by atoms with Crippen LogP contribution in [-0.4, -0.2) is 25.5 Å². The van der Waals surface area contributed by atoms with Gasteiger partial charge >= 0.3 is 5.97 Å². The predicted octanol–water partition coefficient (Wildman–Crippen LogP) is 1.61. The molecule has 1 amide bonds. The van der Waals surface area contributed by atoms with Crippen molar-refractivity contribution in [3.63, 3.8) is 0 Å². The molecule has 3 N–H and O–H groups in total. The van der Waals surface area contributed by atoms with Gasteiger partial charge in [0.1, 0.15) is 0 Å². The van der Waals surface area contributed by atoms with Crippen LogP contribution in [0, 0.1) is 5.41 Å². The van der Waals surface area contributed by atoms with E-state index in [1.54, 1.807) is 12.1 Å². The molecule has 5 heteroatoms. The van der Waals surface area contributed by atoms with E-state index in [-0.39, 0.29) is 17.3 Å². The van der Waals surface area contributed by atoms with Gasteiger partial charge in [-0.2, -0.15) is 0 Å². The van der Waals surface area contributed by atoms with Gasteiger partial charge in [-0.05, 0) is 30.5 Å². The topological polar surface area (TPSA) is 81.4 Å². The van der Waals surface area contributed by atoms with Gasteiger partial charge in [0.2, 0.25) is 5.91 Å². The van der Waals surface area contributed by atoms with E-state index in [1.165, 1.54) is 7.11 Å². The molecule has 1 saturated carbocycles. The number of benzene rings is 1. The molecule has 0 bridgehead atoms. The first-order valence-electron chi connectivity index (χ1n) is 7.27. The van der Waals surface area contributed by atoms with Crippen LogP contribution in [0.25, 0.3) is 0 Å². The zero-order chi connectivity index (χ0) is 15.3. The van der Waals surface area contributed by atoms with E-state index in [1.807, 2.05) is 12.1 Å². The molecule has 0 atom stereocenters. The fraction of sp³-hybridized carbons (Fsp3) is 0.500. The summed E-state index contributed by atoms with van der Waals surface area (Å²) in [5.41, 5.74) is 6.86. The summed E-state index contributed by atoms with van der Waals surface area (Å²) in [6.45, 7) is 0.849. The summed E-state index contributed by atoms with van der Waals surface area (Å²) in [6, 6.07) is 7.02. The Morgan fingerprint density at radius 3 is 2.38 bits per heavy atom. The molecule has 1 aromatic rings. The minimum absolute atomic E-state index is 0.0412. The van der Waals surface area contributed by atoms with Crippen molar-refractivity contribution in [1.82, 2.24) is 5.32 Å². The second-order valence-corrected chi connectivity index (χ2v) is 5.56. The van der Waals surface area contributed by atoms with Crippen molar-refractivity contribution in [1.29, 1.82) is 0 Å². The van der Waals surface area contributed by atoms with Gasteiger partial charge in [0.05, 0.1) is 18.1 Å². The Balaban J connectivity index is 1.93. The number of ether oxygens (including phenoxy) is 1. The number of hydrogen-bond donors (Lipinski definition) is 2. The Hall–Kier alpha value is -1.88. The van der Waals surface area contributed by atoms with Crippen LogP contribution >= 0.6 is 0 Å². The second-order valence-electron chi connectivity index (χ2n) is 5.56. The van der Waals surface area contributed by atoms with Crippen molar-refractivity contribution < 1.29 is 14.3 Å². The van der Waals surface area contributed by atoms with Crippen LogP contribution in [0.2, 0.25) is 0 Å².